The Morgan fingerprint density at radius 2 is 2.04 bits per heavy atom. The molecule has 2 saturated heterocycles. The number of aryl methyl sites for hydroxylation is 1. The predicted octanol–water partition coefficient (Wildman–Crippen LogP) is 2.01. The molecule has 1 N–H and O–H groups in total. The van der Waals surface area contributed by atoms with E-state index in [1.807, 2.05) is 24.0 Å². The summed E-state index contributed by atoms with van der Waals surface area (Å²) in [6, 6.07) is 3.88. The minimum Gasteiger partial charge on any atom is -0.356 e. The first-order valence-electron chi connectivity index (χ1n) is 8.60. The Morgan fingerprint density at radius 1 is 1.30 bits per heavy atom. The smallest absolute Gasteiger partial charge is 0.255 e. The van der Waals surface area contributed by atoms with Crippen LogP contribution in [0, 0.1) is 12.3 Å². The number of carbonyl (C=O) groups excluding carboxylic acids is 2. The van der Waals surface area contributed by atoms with Gasteiger partial charge >= 0.3 is 0 Å². The lowest BCUT2D eigenvalue weighted by Gasteiger charge is -2.38. The summed E-state index contributed by atoms with van der Waals surface area (Å²) >= 11 is 0. The minimum absolute atomic E-state index is 0.0821. The second-order valence-electron chi connectivity index (χ2n) is 7.41. The van der Waals surface area contributed by atoms with Gasteiger partial charge in [0.2, 0.25) is 5.91 Å². The molecule has 5 heteroatoms. The van der Waals surface area contributed by atoms with E-state index in [0.717, 1.165) is 62.3 Å². The van der Waals surface area contributed by atoms with Crippen LogP contribution in [-0.2, 0) is 4.79 Å². The standard InChI is InChI=1S/C18H23N3O2/c1-12-2-5-14(16(20-12)13-3-4-13)17(23)21-8-6-18(7-9-21)10-15(22)19-11-18/h2,5,13H,3-4,6-11H2,1H3,(H,19,22). The number of pyridine rings is 1. The molecule has 3 fully saturated rings. The van der Waals surface area contributed by atoms with Crippen molar-refractivity contribution in [2.75, 3.05) is 19.6 Å². The SMILES string of the molecule is Cc1ccc(C(=O)N2CCC3(CC2)CNC(=O)C3)c(C2CC2)n1. The molecule has 0 radical (unpaired) electrons. The predicted molar refractivity (Wildman–Crippen MR) is 86.1 cm³/mol. The van der Waals surface area contributed by atoms with E-state index in [9.17, 15) is 9.59 Å². The Kier molecular flexibility index (Phi) is 3.39. The van der Waals surface area contributed by atoms with Gasteiger partial charge in [-0.2, -0.15) is 0 Å². The van der Waals surface area contributed by atoms with Crippen LogP contribution in [-0.4, -0.2) is 41.3 Å². The summed E-state index contributed by atoms with van der Waals surface area (Å²) in [4.78, 5) is 31.0. The van der Waals surface area contributed by atoms with Gasteiger partial charge in [0.05, 0.1) is 11.3 Å². The Hall–Kier alpha value is -1.91. The second-order valence-corrected chi connectivity index (χ2v) is 7.41. The van der Waals surface area contributed by atoms with Crippen LogP contribution in [0.4, 0.5) is 0 Å². The highest BCUT2D eigenvalue weighted by Crippen LogP contribution is 2.42. The van der Waals surface area contributed by atoms with Gasteiger partial charge in [0, 0.05) is 37.7 Å². The van der Waals surface area contributed by atoms with Crippen LogP contribution in [0.25, 0.3) is 0 Å². The molecule has 0 unspecified atom stereocenters. The van der Waals surface area contributed by atoms with Gasteiger partial charge in [-0.15, -0.1) is 0 Å². The summed E-state index contributed by atoms with van der Waals surface area (Å²) in [6.07, 6.45) is 4.74. The fourth-order valence-electron chi connectivity index (χ4n) is 3.89. The molecule has 2 aliphatic heterocycles. The first-order chi connectivity index (χ1) is 11.1. The largest absolute Gasteiger partial charge is 0.356 e. The number of hydrogen-bond acceptors (Lipinski definition) is 3. The van der Waals surface area contributed by atoms with Crippen LogP contribution < -0.4 is 5.32 Å². The molecule has 5 nitrogen and oxygen atoms in total. The maximum atomic E-state index is 12.9. The third-order valence-electron chi connectivity index (χ3n) is 5.57. The zero-order valence-corrected chi connectivity index (χ0v) is 13.6. The first kappa shape index (κ1) is 14.7. The van der Waals surface area contributed by atoms with E-state index in [1.54, 1.807) is 0 Å². The zero-order valence-electron chi connectivity index (χ0n) is 13.6. The molecule has 1 saturated carbocycles. The van der Waals surface area contributed by atoms with Crippen molar-refractivity contribution in [3.63, 3.8) is 0 Å². The van der Waals surface area contributed by atoms with E-state index < -0.39 is 0 Å². The minimum atomic E-state index is 0.0821. The Labute approximate surface area is 136 Å². The van der Waals surface area contributed by atoms with Gasteiger partial charge in [-0.05, 0) is 50.2 Å². The Morgan fingerprint density at radius 3 is 2.65 bits per heavy atom. The van der Waals surface area contributed by atoms with Gasteiger partial charge in [0.25, 0.3) is 5.91 Å². The molecule has 23 heavy (non-hydrogen) atoms. The van der Waals surface area contributed by atoms with Gasteiger partial charge in [-0.25, -0.2) is 0 Å². The van der Waals surface area contributed by atoms with E-state index in [0.29, 0.717) is 12.3 Å². The number of amides is 2. The van der Waals surface area contributed by atoms with Crippen molar-refractivity contribution in [3.05, 3.63) is 29.1 Å². The molecule has 0 aromatic carbocycles. The maximum Gasteiger partial charge on any atom is 0.255 e. The van der Waals surface area contributed by atoms with Gasteiger partial charge in [-0.3, -0.25) is 14.6 Å². The normalized spacial score (nSPS) is 23.2. The fraction of sp³-hybridized carbons (Fsp3) is 0.611. The van der Waals surface area contributed by atoms with Crippen LogP contribution in [0.15, 0.2) is 12.1 Å². The van der Waals surface area contributed by atoms with Crippen molar-refractivity contribution < 1.29 is 9.59 Å². The summed E-state index contributed by atoms with van der Waals surface area (Å²) in [6.45, 7) is 4.24. The monoisotopic (exact) mass is 313 g/mol. The summed E-state index contributed by atoms with van der Waals surface area (Å²) in [5, 5.41) is 2.94. The van der Waals surface area contributed by atoms with E-state index in [2.05, 4.69) is 10.3 Å². The molecule has 0 bridgehead atoms. The van der Waals surface area contributed by atoms with Crippen LogP contribution in [0.3, 0.4) is 0 Å². The molecule has 3 aliphatic rings. The zero-order chi connectivity index (χ0) is 16.0. The molecule has 1 aromatic heterocycles. The molecular weight excluding hydrogens is 290 g/mol. The van der Waals surface area contributed by atoms with Crippen LogP contribution >= 0.6 is 0 Å². The summed E-state index contributed by atoms with van der Waals surface area (Å²) in [5.74, 6) is 0.747. The number of rotatable bonds is 2. The average Bonchev–Trinajstić information content (AvgIpc) is 3.33. The van der Waals surface area contributed by atoms with Gasteiger partial charge in [0.15, 0.2) is 0 Å². The van der Waals surface area contributed by atoms with Crippen molar-refractivity contribution in [3.8, 4) is 0 Å². The van der Waals surface area contributed by atoms with E-state index in [1.165, 1.54) is 0 Å². The Balaban J connectivity index is 1.49. The van der Waals surface area contributed by atoms with Crippen molar-refractivity contribution in [1.82, 2.24) is 15.2 Å². The quantitative estimate of drug-likeness (QED) is 0.908. The van der Waals surface area contributed by atoms with Crippen molar-refractivity contribution in [2.45, 2.75) is 44.9 Å². The number of hydrogen-bond donors (Lipinski definition) is 1. The lowest BCUT2D eigenvalue weighted by atomic mass is 9.77. The third kappa shape index (κ3) is 2.73. The van der Waals surface area contributed by atoms with E-state index >= 15 is 0 Å². The fourth-order valence-corrected chi connectivity index (χ4v) is 3.89. The number of nitrogens with one attached hydrogen (secondary N) is 1. The number of aromatic nitrogens is 1. The lowest BCUT2D eigenvalue weighted by Crippen LogP contribution is -2.44. The molecule has 1 aromatic rings. The molecule has 1 aliphatic carbocycles. The summed E-state index contributed by atoms with van der Waals surface area (Å²) in [5.41, 5.74) is 2.85. The number of likely N-dealkylation sites (tertiary alicyclic amines) is 1. The third-order valence-corrected chi connectivity index (χ3v) is 5.57. The second kappa shape index (κ2) is 5.32. The van der Waals surface area contributed by atoms with Crippen LogP contribution in [0.2, 0.25) is 0 Å². The lowest BCUT2D eigenvalue weighted by molar-refractivity contribution is -0.119. The van der Waals surface area contributed by atoms with Gasteiger partial charge in [0.1, 0.15) is 0 Å². The summed E-state index contributed by atoms with van der Waals surface area (Å²) in [7, 11) is 0. The van der Waals surface area contributed by atoms with E-state index in [-0.39, 0.29) is 17.2 Å². The molecule has 0 atom stereocenters. The van der Waals surface area contributed by atoms with Gasteiger partial charge in [-0.1, -0.05) is 0 Å². The topological polar surface area (TPSA) is 62.3 Å². The van der Waals surface area contributed by atoms with Crippen molar-refractivity contribution >= 4 is 11.8 Å². The maximum absolute atomic E-state index is 12.9. The summed E-state index contributed by atoms with van der Waals surface area (Å²) < 4.78 is 0. The molecule has 2 amide bonds. The van der Waals surface area contributed by atoms with Gasteiger partial charge < -0.3 is 10.2 Å². The number of piperidine rings is 1. The number of nitrogens with zero attached hydrogens (tertiary/aromatic N) is 2. The first-order valence-corrected chi connectivity index (χ1v) is 8.60. The van der Waals surface area contributed by atoms with E-state index in [4.69, 9.17) is 0 Å². The highest BCUT2D eigenvalue weighted by Gasteiger charge is 2.42. The highest BCUT2D eigenvalue weighted by atomic mass is 16.2. The van der Waals surface area contributed by atoms with Crippen LogP contribution in [0.1, 0.15) is 59.8 Å². The highest BCUT2D eigenvalue weighted by molar-refractivity contribution is 5.95. The van der Waals surface area contributed by atoms with Crippen LogP contribution in [0.5, 0.6) is 0 Å². The molecule has 4 rings (SSSR count). The number of carbonyl (C=O) groups is 2. The molecule has 1 spiro atoms. The van der Waals surface area contributed by atoms with Crippen molar-refractivity contribution in [2.24, 2.45) is 5.41 Å². The molecule has 122 valence electrons. The molecule has 3 heterocycles. The Bertz CT molecular complexity index is 658. The van der Waals surface area contributed by atoms with Crippen molar-refractivity contribution in [1.29, 1.82) is 0 Å². The average molecular weight is 313 g/mol. The molecular formula is C18H23N3O2.